The van der Waals surface area contributed by atoms with Crippen molar-refractivity contribution < 1.29 is 32.6 Å². The molecule has 0 saturated carbocycles. The molecule has 43 heavy (non-hydrogen) atoms. The summed E-state index contributed by atoms with van der Waals surface area (Å²) in [5.74, 6) is -3.48. The van der Waals surface area contributed by atoms with Crippen molar-refractivity contribution in [1.29, 1.82) is 0 Å². The Bertz CT molecular complexity index is 1650. The van der Waals surface area contributed by atoms with Gasteiger partial charge in [0.1, 0.15) is 0 Å². The van der Waals surface area contributed by atoms with Gasteiger partial charge in [0, 0.05) is 0 Å². The van der Waals surface area contributed by atoms with E-state index in [-0.39, 0.29) is 57.6 Å². The van der Waals surface area contributed by atoms with E-state index in [4.69, 9.17) is 19.9 Å². The third-order valence-electron chi connectivity index (χ3n) is 7.93. The van der Waals surface area contributed by atoms with Crippen molar-refractivity contribution in [3.63, 3.8) is 0 Å². The molecule has 3 aromatic rings. The topological polar surface area (TPSA) is 116 Å². The van der Waals surface area contributed by atoms with Crippen LogP contribution < -0.4 is 25.4 Å². The molecule has 10 nitrogen and oxygen atoms in total. The molecule has 13 heteroatoms. The summed E-state index contributed by atoms with van der Waals surface area (Å²) in [6.45, 7) is 3.54. The molecule has 0 aliphatic carbocycles. The number of pyridine rings is 1. The van der Waals surface area contributed by atoms with Gasteiger partial charge in [0.25, 0.3) is 0 Å². The summed E-state index contributed by atoms with van der Waals surface area (Å²) in [6, 6.07) is 10.1. The maximum absolute atomic E-state index is 15.4. The molecular weight excluding hydrogens is 629 g/mol. The molecule has 1 amide bonds. The molecule has 0 spiro atoms. The Morgan fingerprint density at radius 3 is 2.72 bits per heavy atom. The second kappa shape index (κ2) is 11.7. The molecule has 2 N–H and O–H groups in total. The first-order valence-electron chi connectivity index (χ1n) is 13.9. The number of benzene rings is 2. The van der Waals surface area contributed by atoms with Crippen molar-refractivity contribution in [3.8, 4) is 5.75 Å². The number of nitrogens with zero attached hydrogens (tertiary/aromatic N) is 3. The third kappa shape index (κ3) is 5.10. The molecule has 3 aliphatic rings. The first-order valence-corrected chi connectivity index (χ1v) is 15.9. The van der Waals surface area contributed by atoms with Crippen molar-refractivity contribution in [1.82, 2.24) is 9.58 Å². The van der Waals surface area contributed by atoms with Crippen molar-refractivity contribution in [2.45, 2.75) is 37.4 Å². The molecule has 3 aliphatic heterocycles. The molecule has 1 aromatic heterocycles. The van der Waals surface area contributed by atoms with Gasteiger partial charge in [-0.25, -0.2) is 0 Å². The molecule has 3 atom stereocenters. The molecule has 1 fully saturated rings. The quantitative estimate of drug-likeness (QED) is 0.240. The fourth-order valence-corrected chi connectivity index (χ4v) is 7.96. The Hall–Kier alpha value is -3.77. The molecule has 4 heterocycles. The summed E-state index contributed by atoms with van der Waals surface area (Å²) < 4.78 is 49.1. The fourth-order valence-electron chi connectivity index (χ4n) is 5.62. The summed E-state index contributed by atoms with van der Waals surface area (Å²) >= 11 is -0.204. The van der Waals surface area contributed by atoms with E-state index in [1.54, 1.807) is 24.8 Å². The minimum atomic E-state index is -0.929. The zero-order valence-electron chi connectivity index (χ0n) is 23.5. The number of halogens is 2. The molecule has 1 saturated heterocycles. The van der Waals surface area contributed by atoms with Gasteiger partial charge >= 0.3 is 227 Å². The second-order valence-corrected chi connectivity index (χ2v) is 12.9. The van der Waals surface area contributed by atoms with Crippen LogP contribution in [0.15, 0.2) is 53.5 Å². The number of rotatable bonds is 6. The number of nitrogens with two attached hydrogens (primary N) is 1. The van der Waals surface area contributed by atoms with Gasteiger partial charge in [-0.3, -0.25) is 0 Å². The molecule has 6 rings (SSSR count). The normalized spacial score (nSPS) is 20.0. The van der Waals surface area contributed by atoms with Gasteiger partial charge in [0.15, 0.2) is 0 Å². The second-order valence-electron chi connectivity index (χ2n) is 10.8. The summed E-state index contributed by atoms with van der Waals surface area (Å²) in [5.41, 5.74) is 6.89. The summed E-state index contributed by atoms with van der Waals surface area (Å²) in [4.78, 5) is 41.0. The minimum absolute atomic E-state index is 0.0776. The number of amides is 1. The maximum atomic E-state index is 15.4. The Balaban J connectivity index is 1.51. The molecule has 0 unspecified atom stereocenters. The Kier molecular flexibility index (Phi) is 7.99. The number of fused-ring (bicyclic) bond motifs is 4. The fraction of sp³-hybridized carbons (Fsp3) is 0.367. The van der Waals surface area contributed by atoms with Crippen LogP contribution in [0, 0.1) is 17.6 Å². The van der Waals surface area contributed by atoms with Gasteiger partial charge in [-0.15, -0.1) is 0 Å². The van der Waals surface area contributed by atoms with Crippen molar-refractivity contribution in [2.24, 2.45) is 11.7 Å². The number of carbonyl (C=O) groups excluding carboxylic acids is 2. The first-order chi connectivity index (χ1) is 20.7. The van der Waals surface area contributed by atoms with Crippen LogP contribution in [0.3, 0.4) is 0 Å². The van der Waals surface area contributed by atoms with Crippen LogP contribution in [0.25, 0.3) is 0 Å². The van der Waals surface area contributed by atoms with Gasteiger partial charge in [-0.2, -0.15) is 0 Å². The van der Waals surface area contributed by atoms with Gasteiger partial charge < -0.3 is 5.73 Å². The number of ether oxygens (including phenoxy) is 3. The predicted molar refractivity (Wildman–Crippen MR) is 153 cm³/mol. The average Bonchev–Trinajstić information content (AvgIpc) is 3.17. The molecule has 226 valence electrons. The number of hydrogen-bond donors (Lipinski definition) is 1. The van der Waals surface area contributed by atoms with Gasteiger partial charge in [0.05, 0.1) is 0 Å². The van der Waals surface area contributed by atoms with E-state index >= 15 is 4.39 Å². The predicted octanol–water partition coefficient (Wildman–Crippen LogP) is 1.37. The van der Waals surface area contributed by atoms with E-state index in [1.165, 1.54) is 16.9 Å². The number of esters is 1. The summed E-state index contributed by atoms with van der Waals surface area (Å²) in [6.07, 6.45) is 0.823. The van der Waals surface area contributed by atoms with Crippen LogP contribution >= 0.6 is 0 Å². The van der Waals surface area contributed by atoms with Crippen LogP contribution in [-0.4, -0.2) is 75.2 Å². The van der Waals surface area contributed by atoms with E-state index in [2.05, 4.69) is 0 Å². The van der Waals surface area contributed by atoms with E-state index < -0.39 is 54.0 Å². The van der Waals surface area contributed by atoms with Gasteiger partial charge in [-0.05, 0) is 5.92 Å². The van der Waals surface area contributed by atoms with Crippen LogP contribution in [-0.2, 0) is 19.6 Å². The number of morpholine rings is 1. The summed E-state index contributed by atoms with van der Waals surface area (Å²) in [7, 11) is 0. The van der Waals surface area contributed by atoms with Crippen LogP contribution in [0.2, 0.25) is 0 Å². The van der Waals surface area contributed by atoms with E-state index in [1.807, 2.05) is 29.3 Å². The third-order valence-corrected chi connectivity index (χ3v) is 10.3. The van der Waals surface area contributed by atoms with Crippen molar-refractivity contribution in [3.05, 3.63) is 92.9 Å². The van der Waals surface area contributed by atoms with Crippen LogP contribution in [0.1, 0.15) is 47.1 Å². The molecule has 2 aromatic carbocycles. The SMILES string of the molecule is CC(C)[C@H](N)C(=O)OCOc1c2n(ccc1=O)N([C@@H]1c3ccccc3[Se]Cc3c1ccc(F)c3F)[C@@H]1COCCN1C2=O. The number of carbonyl (C=O) groups is 2. The van der Waals surface area contributed by atoms with E-state index in [0.717, 1.165) is 16.1 Å². The first kappa shape index (κ1) is 29.3. The van der Waals surface area contributed by atoms with Crippen molar-refractivity contribution >= 4 is 31.3 Å². The summed E-state index contributed by atoms with van der Waals surface area (Å²) in [5, 5.41) is 2.20. The Labute approximate surface area is 252 Å². The molecular formula is C30H30F2N4O6Se. The van der Waals surface area contributed by atoms with Crippen LogP contribution in [0.5, 0.6) is 5.75 Å². The van der Waals surface area contributed by atoms with E-state index in [9.17, 15) is 18.8 Å². The Morgan fingerprint density at radius 1 is 1.14 bits per heavy atom. The van der Waals surface area contributed by atoms with Crippen LogP contribution in [0.4, 0.5) is 8.78 Å². The zero-order valence-corrected chi connectivity index (χ0v) is 25.2. The standard InChI is InChI=1S/C30H30F2N4O6Se/c1-16(2)25(33)30(39)42-15-41-28-21(37)9-10-35-27(28)29(38)34-11-12-40-13-23(34)36(35)26-17-7-8-20(31)24(32)19(17)14-43-22-6-4-3-5-18(22)26/h3-10,16,23,25-26H,11-15,33H2,1-2H3/t23-,25+,26+/m1/s1. The van der Waals surface area contributed by atoms with Crippen molar-refractivity contribution in [2.75, 3.05) is 31.6 Å². The monoisotopic (exact) mass is 660 g/mol. The van der Waals surface area contributed by atoms with Gasteiger partial charge in [-0.1, -0.05) is 13.8 Å². The van der Waals surface area contributed by atoms with E-state index in [0.29, 0.717) is 10.9 Å². The number of aromatic nitrogens is 1. The number of hydrogen-bond acceptors (Lipinski definition) is 8. The molecule has 0 bridgehead atoms. The average molecular weight is 660 g/mol. The van der Waals surface area contributed by atoms with Gasteiger partial charge in [0.2, 0.25) is 0 Å². The molecule has 0 radical (unpaired) electrons. The zero-order chi connectivity index (χ0) is 30.4. The Morgan fingerprint density at radius 2 is 1.93 bits per heavy atom.